The number of phenols is 1. The summed E-state index contributed by atoms with van der Waals surface area (Å²) in [4.78, 5) is 4.91. The molecule has 5 heteroatoms. The molecule has 0 aliphatic heterocycles. The van der Waals surface area contributed by atoms with Gasteiger partial charge in [-0.2, -0.15) is 0 Å². The van der Waals surface area contributed by atoms with E-state index in [2.05, 4.69) is 33.0 Å². The topological polar surface area (TPSA) is 49.6 Å². The molecule has 0 radical (unpaired) electrons. The minimum atomic E-state index is 0.194. The SMILES string of the molecule is CC(C)c1cc(-c2nc3ccc(Cl)cn3c2Nc2ccccc2)cc(C(C)C)c1O. The van der Waals surface area contributed by atoms with E-state index < -0.39 is 0 Å². The van der Waals surface area contributed by atoms with Gasteiger partial charge in [-0.25, -0.2) is 4.98 Å². The first-order valence-corrected chi connectivity index (χ1v) is 10.6. The highest BCUT2D eigenvalue weighted by Gasteiger charge is 2.20. The van der Waals surface area contributed by atoms with Crippen molar-refractivity contribution in [2.45, 2.75) is 39.5 Å². The average Bonchev–Trinajstić information content (AvgIpc) is 3.06. The molecule has 2 N–H and O–H groups in total. The molecule has 0 amide bonds. The molecule has 0 aliphatic carbocycles. The number of para-hydroxylation sites is 1. The van der Waals surface area contributed by atoms with E-state index in [4.69, 9.17) is 16.6 Å². The van der Waals surface area contributed by atoms with Gasteiger partial charge in [-0.1, -0.05) is 57.5 Å². The molecule has 2 aromatic carbocycles. The van der Waals surface area contributed by atoms with Gasteiger partial charge in [0.15, 0.2) is 0 Å². The second kappa shape index (κ2) is 8.04. The highest BCUT2D eigenvalue weighted by molar-refractivity contribution is 6.30. The van der Waals surface area contributed by atoms with Crippen LogP contribution in [-0.2, 0) is 0 Å². The number of rotatable bonds is 5. The first kappa shape index (κ1) is 20.3. The minimum Gasteiger partial charge on any atom is -0.507 e. The summed E-state index contributed by atoms with van der Waals surface area (Å²) in [5.74, 6) is 1.61. The molecule has 4 rings (SSSR count). The number of phenolic OH excluding ortho intramolecular Hbond substituents is 1. The smallest absolute Gasteiger partial charge is 0.143 e. The third-order valence-corrected chi connectivity index (χ3v) is 5.53. The largest absolute Gasteiger partial charge is 0.507 e. The molecule has 4 aromatic rings. The molecule has 0 saturated heterocycles. The van der Waals surface area contributed by atoms with Crippen LogP contribution in [0.5, 0.6) is 5.75 Å². The molecular formula is C25H26ClN3O. The van der Waals surface area contributed by atoms with Gasteiger partial charge in [0.05, 0.1) is 5.02 Å². The summed E-state index contributed by atoms with van der Waals surface area (Å²) < 4.78 is 1.97. The Morgan fingerprint density at radius 1 is 0.933 bits per heavy atom. The molecular weight excluding hydrogens is 394 g/mol. The van der Waals surface area contributed by atoms with Gasteiger partial charge in [0.1, 0.15) is 22.9 Å². The Morgan fingerprint density at radius 3 is 2.17 bits per heavy atom. The molecule has 0 bridgehead atoms. The monoisotopic (exact) mass is 419 g/mol. The number of nitrogens with one attached hydrogen (secondary N) is 1. The van der Waals surface area contributed by atoms with Gasteiger partial charge in [0.25, 0.3) is 0 Å². The fourth-order valence-electron chi connectivity index (χ4n) is 3.69. The van der Waals surface area contributed by atoms with Crippen molar-refractivity contribution in [1.82, 2.24) is 9.38 Å². The minimum absolute atomic E-state index is 0.194. The fourth-order valence-corrected chi connectivity index (χ4v) is 3.86. The van der Waals surface area contributed by atoms with Crippen molar-refractivity contribution in [2.75, 3.05) is 5.32 Å². The Balaban J connectivity index is 1.98. The predicted molar refractivity (Wildman–Crippen MR) is 125 cm³/mol. The first-order valence-electron chi connectivity index (χ1n) is 10.2. The van der Waals surface area contributed by atoms with Crippen molar-refractivity contribution in [1.29, 1.82) is 0 Å². The van der Waals surface area contributed by atoms with Crippen LogP contribution in [0.4, 0.5) is 11.5 Å². The number of halogens is 1. The van der Waals surface area contributed by atoms with E-state index in [0.29, 0.717) is 10.8 Å². The van der Waals surface area contributed by atoms with E-state index in [1.807, 2.05) is 65.2 Å². The molecule has 2 aromatic heterocycles. The molecule has 4 nitrogen and oxygen atoms in total. The number of benzene rings is 2. The standard InChI is InChI=1S/C25H26ClN3O/c1-15(2)20-12-17(13-21(16(3)4)24(20)30)23-25(27-19-8-6-5-7-9-19)29-14-18(26)10-11-22(29)28-23/h5-16,27,30H,1-4H3. The quantitative estimate of drug-likeness (QED) is 0.355. The van der Waals surface area contributed by atoms with Crippen molar-refractivity contribution in [2.24, 2.45) is 0 Å². The van der Waals surface area contributed by atoms with Crippen LogP contribution in [0.15, 0.2) is 60.8 Å². The summed E-state index contributed by atoms with van der Waals surface area (Å²) in [6.07, 6.45) is 1.87. The van der Waals surface area contributed by atoms with Gasteiger partial charge < -0.3 is 10.4 Å². The van der Waals surface area contributed by atoms with E-state index in [1.54, 1.807) is 0 Å². The van der Waals surface area contributed by atoms with Crippen molar-refractivity contribution in [3.05, 3.63) is 76.9 Å². The molecule has 0 atom stereocenters. The lowest BCUT2D eigenvalue weighted by Crippen LogP contribution is -1.99. The van der Waals surface area contributed by atoms with Crippen LogP contribution in [0.1, 0.15) is 50.7 Å². The Kier molecular flexibility index (Phi) is 5.44. The third-order valence-electron chi connectivity index (χ3n) is 5.31. The summed E-state index contributed by atoms with van der Waals surface area (Å²) in [7, 11) is 0. The van der Waals surface area contributed by atoms with Crippen LogP contribution >= 0.6 is 11.6 Å². The van der Waals surface area contributed by atoms with Gasteiger partial charge in [0.2, 0.25) is 0 Å². The molecule has 30 heavy (non-hydrogen) atoms. The maximum Gasteiger partial charge on any atom is 0.143 e. The summed E-state index contributed by atoms with van der Waals surface area (Å²) in [5, 5.41) is 15.0. The number of nitrogens with zero attached hydrogens (tertiary/aromatic N) is 2. The molecule has 154 valence electrons. The van der Waals surface area contributed by atoms with Crippen LogP contribution in [0.25, 0.3) is 16.9 Å². The molecule has 2 heterocycles. The molecule has 0 saturated carbocycles. The van der Waals surface area contributed by atoms with Crippen LogP contribution in [0, 0.1) is 0 Å². The fraction of sp³-hybridized carbons (Fsp3) is 0.240. The van der Waals surface area contributed by atoms with Crippen LogP contribution in [0.3, 0.4) is 0 Å². The summed E-state index contributed by atoms with van der Waals surface area (Å²) >= 11 is 6.29. The number of fused-ring (bicyclic) bond motifs is 1. The van der Waals surface area contributed by atoms with Gasteiger partial charge in [-0.15, -0.1) is 0 Å². The van der Waals surface area contributed by atoms with Crippen molar-refractivity contribution in [3.8, 4) is 17.0 Å². The van der Waals surface area contributed by atoms with Gasteiger partial charge in [-0.05, 0) is 59.4 Å². The normalized spacial score (nSPS) is 11.6. The highest BCUT2D eigenvalue weighted by atomic mass is 35.5. The number of hydrogen-bond acceptors (Lipinski definition) is 3. The number of pyridine rings is 1. The molecule has 0 spiro atoms. The lowest BCUT2D eigenvalue weighted by atomic mass is 9.90. The van der Waals surface area contributed by atoms with E-state index >= 15 is 0 Å². The Morgan fingerprint density at radius 2 is 1.57 bits per heavy atom. The van der Waals surface area contributed by atoms with Crippen LogP contribution < -0.4 is 5.32 Å². The zero-order valence-electron chi connectivity index (χ0n) is 17.6. The van der Waals surface area contributed by atoms with Crippen LogP contribution in [-0.4, -0.2) is 14.5 Å². The average molecular weight is 420 g/mol. The Hall–Kier alpha value is -2.98. The van der Waals surface area contributed by atoms with E-state index in [-0.39, 0.29) is 11.8 Å². The maximum absolute atomic E-state index is 10.8. The Labute approximate surface area is 182 Å². The van der Waals surface area contributed by atoms with Crippen molar-refractivity contribution in [3.63, 3.8) is 0 Å². The summed E-state index contributed by atoms with van der Waals surface area (Å²) in [6, 6.07) is 17.9. The lowest BCUT2D eigenvalue weighted by molar-refractivity contribution is 0.454. The number of aromatic hydroxyl groups is 1. The third kappa shape index (κ3) is 3.75. The van der Waals surface area contributed by atoms with Crippen molar-refractivity contribution >= 4 is 28.8 Å². The highest BCUT2D eigenvalue weighted by Crippen LogP contribution is 2.40. The lowest BCUT2D eigenvalue weighted by Gasteiger charge is -2.18. The van der Waals surface area contributed by atoms with Crippen molar-refractivity contribution < 1.29 is 5.11 Å². The van der Waals surface area contributed by atoms with E-state index in [1.165, 1.54) is 0 Å². The van der Waals surface area contributed by atoms with Gasteiger partial charge in [0, 0.05) is 17.4 Å². The second-order valence-corrected chi connectivity index (χ2v) is 8.62. The predicted octanol–water partition coefficient (Wildman–Crippen LogP) is 7.35. The number of imidazole rings is 1. The summed E-state index contributed by atoms with van der Waals surface area (Å²) in [6.45, 7) is 8.37. The molecule has 0 fully saturated rings. The maximum atomic E-state index is 10.8. The number of hydrogen-bond donors (Lipinski definition) is 2. The Bertz CT molecular complexity index is 1170. The summed E-state index contributed by atoms with van der Waals surface area (Å²) in [5.41, 5.74) is 5.42. The second-order valence-electron chi connectivity index (χ2n) is 8.19. The first-order chi connectivity index (χ1) is 14.3. The number of anilines is 2. The van der Waals surface area contributed by atoms with E-state index in [9.17, 15) is 5.11 Å². The van der Waals surface area contributed by atoms with E-state index in [0.717, 1.165) is 39.5 Å². The molecule has 0 aliphatic rings. The zero-order chi connectivity index (χ0) is 21.4. The molecule has 0 unspecified atom stereocenters. The number of aromatic nitrogens is 2. The zero-order valence-corrected chi connectivity index (χ0v) is 18.4. The van der Waals surface area contributed by atoms with Crippen LogP contribution in [0.2, 0.25) is 5.02 Å². The van der Waals surface area contributed by atoms with Gasteiger partial charge >= 0.3 is 0 Å². The van der Waals surface area contributed by atoms with Gasteiger partial charge in [-0.3, -0.25) is 4.40 Å².